The van der Waals surface area contributed by atoms with Gasteiger partial charge in [0.2, 0.25) is 0 Å². The quantitative estimate of drug-likeness (QED) is 0.634. The van der Waals surface area contributed by atoms with Gasteiger partial charge in [-0.2, -0.15) is 0 Å². The maximum absolute atomic E-state index is 12.7. The Hall–Kier alpha value is -1.26. The number of nitrogens with one attached hydrogen (secondary N) is 1. The van der Waals surface area contributed by atoms with Gasteiger partial charge in [0.05, 0.1) is 6.04 Å². The second-order valence-corrected chi connectivity index (χ2v) is 5.59. The number of hydrogen-bond donors (Lipinski definition) is 1. The van der Waals surface area contributed by atoms with E-state index in [1.807, 2.05) is 19.1 Å². The molecule has 0 amide bonds. The molecule has 0 spiro atoms. The van der Waals surface area contributed by atoms with Crippen LogP contribution in [0, 0.1) is 12.7 Å². The SMILES string of the molecule is Cc1ccc(C(C)NCCSc2ccc(F)cc2)o1. The number of rotatable bonds is 6. The second kappa shape index (κ2) is 6.78. The van der Waals surface area contributed by atoms with E-state index >= 15 is 0 Å². The molecule has 0 aliphatic heterocycles. The van der Waals surface area contributed by atoms with Crippen molar-refractivity contribution in [2.24, 2.45) is 0 Å². The van der Waals surface area contributed by atoms with E-state index < -0.39 is 0 Å². The zero-order valence-corrected chi connectivity index (χ0v) is 12.0. The van der Waals surface area contributed by atoms with E-state index in [1.54, 1.807) is 23.9 Å². The third-order valence-electron chi connectivity index (χ3n) is 2.82. The van der Waals surface area contributed by atoms with Gasteiger partial charge in [-0.05, 0) is 50.2 Å². The molecule has 2 aromatic rings. The summed E-state index contributed by atoms with van der Waals surface area (Å²) in [4.78, 5) is 1.09. The molecule has 102 valence electrons. The minimum Gasteiger partial charge on any atom is -0.465 e. The smallest absolute Gasteiger partial charge is 0.123 e. The summed E-state index contributed by atoms with van der Waals surface area (Å²) in [5.41, 5.74) is 0. The minimum atomic E-state index is -0.190. The van der Waals surface area contributed by atoms with E-state index in [0.29, 0.717) is 0 Å². The molecule has 2 rings (SSSR count). The van der Waals surface area contributed by atoms with Crippen molar-refractivity contribution in [1.29, 1.82) is 0 Å². The molecular weight excluding hydrogens is 261 g/mol. The highest BCUT2D eigenvalue weighted by atomic mass is 32.2. The molecule has 1 N–H and O–H groups in total. The first-order valence-electron chi connectivity index (χ1n) is 6.33. The summed E-state index contributed by atoms with van der Waals surface area (Å²) in [5, 5.41) is 3.41. The molecule has 1 heterocycles. The average Bonchev–Trinajstić information content (AvgIpc) is 2.83. The largest absolute Gasteiger partial charge is 0.465 e. The Morgan fingerprint density at radius 2 is 1.95 bits per heavy atom. The number of aryl methyl sites for hydroxylation is 1. The Bertz CT molecular complexity index is 509. The maximum Gasteiger partial charge on any atom is 0.123 e. The lowest BCUT2D eigenvalue weighted by Gasteiger charge is -2.11. The summed E-state index contributed by atoms with van der Waals surface area (Å²) in [6.45, 7) is 4.91. The van der Waals surface area contributed by atoms with Gasteiger partial charge in [-0.15, -0.1) is 11.8 Å². The van der Waals surface area contributed by atoms with Crippen LogP contribution in [0.15, 0.2) is 45.7 Å². The van der Waals surface area contributed by atoms with Crippen LogP contribution in [0.1, 0.15) is 24.5 Å². The van der Waals surface area contributed by atoms with Crippen LogP contribution in [-0.4, -0.2) is 12.3 Å². The fourth-order valence-electron chi connectivity index (χ4n) is 1.76. The van der Waals surface area contributed by atoms with Gasteiger partial charge in [0.25, 0.3) is 0 Å². The molecule has 0 fully saturated rings. The highest BCUT2D eigenvalue weighted by molar-refractivity contribution is 7.99. The van der Waals surface area contributed by atoms with Gasteiger partial charge in [0.15, 0.2) is 0 Å². The molecule has 0 aliphatic rings. The maximum atomic E-state index is 12.7. The molecule has 2 nitrogen and oxygen atoms in total. The summed E-state index contributed by atoms with van der Waals surface area (Å²) in [6, 6.07) is 10.8. The third-order valence-corrected chi connectivity index (χ3v) is 3.84. The van der Waals surface area contributed by atoms with Crippen molar-refractivity contribution in [3.8, 4) is 0 Å². The highest BCUT2D eigenvalue weighted by Crippen LogP contribution is 2.18. The summed E-state index contributed by atoms with van der Waals surface area (Å²) < 4.78 is 18.3. The van der Waals surface area contributed by atoms with Crippen LogP contribution in [0.2, 0.25) is 0 Å². The van der Waals surface area contributed by atoms with Crippen LogP contribution < -0.4 is 5.32 Å². The van der Waals surface area contributed by atoms with Crippen molar-refractivity contribution in [1.82, 2.24) is 5.32 Å². The van der Waals surface area contributed by atoms with Crippen LogP contribution in [0.5, 0.6) is 0 Å². The molecule has 1 aromatic carbocycles. The van der Waals surface area contributed by atoms with Crippen molar-refractivity contribution in [3.63, 3.8) is 0 Å². The summed E-state index contributed by atoms with van der Waals surface area (Å²) >= 11 is 1.71. The number of furan rings is 1. The predicted octanol–water partition coefficient (Wildman–Crippen LogP) is 4.17. The Morgan fingerprint density at radius 3 is 2.58 bits per heavy atom. The topological polar surface area (TPSA) is 25.2 Å². The third kappa shape index (κ3) is 4.40. The Labute approximate surface area is 117 Å². The summed E-state index contributed by atoms with van der Waals surface area (Å²) in [7, 11) is 0. The molecule has 0 bridgehead atoms. The van der Waals surface area contributed by atoms with E-state index in [9.17, 15) is 4.39 Å². The van der Waals surface area contributed by atoms with Crippen molar-refractivity contribution < 1.29 is 8.81 Å². The van der Waals surface area contributed by atoms with Crippen LogP contribution in [-0.2, 0) is 0 Å². The van der Waals surface area contributed by atoms with Crippen LogP contribution >= 0.6 is 11.8 Å². The van der Waals surface area contributed by atoms with Crippen molar-refractivity contribution in [2.45, 2.75) is 24.8 Å². The first-order chi connectivity index (χ1) is 9.15. The van der Waals surface area contributed by atoms with Crippen molar-refractivity contribution in [3.05, 3.63) is 53.7 Å². The number of thioether (sulfide) groups is 1. The molecule has 1 atom stereocenters. The van der Waals surface area contributed by atoms with E-state index in [-0.39, 0.29) is 11.9 Å². The highest BCUT2D eigenvalue weighted by Gasteiger charge is 2.08. The molecule has 0 aliphatic carbocycles. The van der Waals surface area contributed by atoms with E-state index in [2.05, 4.69) is 12.2 Å². The zero-order chi connectivity index (χ0) is 13.7. The fourth-order valence-corrected chi connectivity index (χ4v) is 2.55. The van der Waals surface area contributed by atoms with E-state index in [4.69, 9.17) is 4.42 Å². The number of hydrogen-bond acceptors (Lipinski definition) is 3. The molecule has 1 unspecified atom stereocenters. The van der Waals surface area contributed by atoms with Gasteiger partial charge in [0.1, 0.15) is 17.3 Å². The first kappa shape index (κ1) is 14.2. The van der Waals surface area contributed by atoms with Crippen LogP contribution in [0.4, 0.5) is 4.39 Å². The lowest BCUT2D eigenvalue weighted by Crippen LogP contribution is -2.20. The van der Waals surface area contributed by atoms with E-state index in [1.165, 1.54) is 12.1 Å². The molecule has 1 aromatic heterocycles. The standard InChI is InChI=1S/C15H18FNOS/c1-11-3-8-15(18-11)12(2)17-9-10-19-14-6-4-13(16)5-7-14/h3-8,12,17H,9-10H2,1-2H3. The van der Waals surface area contributed by atoms with Gasteiger partial charge in [-0.1, -0.05) is 0 Å². The lowest BCUT2D eigenvalue weighted by molar-refractivity contribution is 0.422. The van der Waals surface area contributed by atoms with Gasteiger partial charge in [-0.3, -0.25) is 0 Å². The average molecular weight is 279 g/mol. The van der Waals surface area contributed by atoms with Crippen molar-refractivity contribution >= 4 is 11.8 Å². The number of benzene rings is 1. The molecule has 0 saturated heterocycles. The van der Waals surface area contributed by atoms with Crippen LogP contribution in [0.25, 0.3) is 0 Å². The van der Waals surface area contributed by atoms with E-state index in [0.717, 1.165) is 28.7 Å². The molecule has 19 heavy (non-hydrogen) atoms. The Balaban J connectivity index is 1.70. The Kier molecular flexibility index (Phi) is 5.05. The normalized spacial score (nSPS) is 12.6. The number of halogens is 1. The minimum absolute atomic E-state index is 0.190. The van der Waals surface area contributed by atoms with Gasteiger partial charge < -0.3 is 9.73 Å². The van der Waals surface area contributed by atoms with Crippen LogP contribution in [0.3, 0.4) is 0 Å². The molecule has 0 radical (unpaired) electrons. The lowest BCUT2D eigenvalue weighted by atomic mass is 10.2. The monoisotopic (exact) mass is 279 g/mol. The Morgan fingerprint density at radius 1 is 1.21 bits per heavy atom. The second-order valence-electron chi connectivity index (χ2n) is 4.43. The summed E-state index contributed by atoms with van der Waals surface area (Å²) in [5.74, 6) is 2.65. The van der Waals surface area contributed by atoms with Gasteiger partial charge >= 0.3 is 0 Å². The molecule has 0 saturated carbocycles. The molecular formula is C15H18FNOS. The first-order valence-corrected chi connectivity index (χ1v) is 7.32. The van der Waals surface area contributed by atoms with Gasteiger partial charge in [-0.25, -0.2) is 4.39 Å². The van der Waals surface area contributed by atoms with Crippen molar-refractivity contribution in [2.75, 3.05) is 12.3 Å². The molecule has 4 heteroatoms. The fraction of sp³-hybridized carbons (Fsp3) is 0.333. The predicted molar refractivity (Wildman–Crippen MR) is 77.0 cm³/mol. The van der Waals surface area contributed by atoms with Gasteiger partial charge in [0, 0.05) is 17.2 Å². The zero-order valence-electron chi connectivity index (χ0n) is 11.2. The summed E-state index contributed by atoms with van der Waals surface area (Å²) in [6.07, 6.45) is 0.